The molecule has 0 unspecified atom stereocenters. The van der Waals surface area contributed by atoms with Crippen molar-refractivity contribution in [3.8, 4) is 23.0 Å². The maximum Gasteiger partial charge on any atom is 0.411 e. The topological polar surface area (TPSA) is 319 Å². The second-order valence-corrected chi connectivity index (χ2v) is 33.6. The van der Waals surface area contributed by atoms with Gasteiger partial charge in [-0.05, 0) is 117 Å². The van der Waals surface area contributed by atoms with E-state index in [-0.39, 0.29) is 165 Å². The first-order valence-electron chi connectivity index (χ1n) is 36.2. The highest BCUT2D eigenvalue weighted by Gasteiger charge is 2.41. The number of primary amides is 1. The number of ketones is 2. The number of methoxy groups -OCH3 is 2. The molecule has 3 aliphatic rings. The molecule has 0 aromatic heterocycles. The van der Waals surface area contributed by atoms with Crippen molar-refractivity contribution in [3.05, 3.63) is 143 Å². The van der Waals surface area contributed by atoms with E-state index in [0.717, 1.165) is 28.0 Å². The van der Waals surface area contributed by atoms with Gasteiger partial charge in [-0.25, -0.2) is 14.4 Å². The number of unbranched alkanes of at least 4 members (excludes halogenated alkanes) is 4. The van der Waals surface area contributed by atoms with Gasteiger partial charge in [0.15, 0.2) is 37.1 Å². The fourth-order valence-electron chi connectivity index (χ4n) is 12.3. The fourth-order valence-corrected chi connectivity index (χ4v) is 13.3. The lowest BCUT2D eigenvalue weighted by atomic mass is 9.88. The molecule has 25 nitrogen and oxygen atoms in total. The van der Waals surface area contributed by atoms with E-state index in [4.69, 9.17) is 38.6 Å². The summed E-state index contributed by atoms with van der Waals surface area (Å²) in [5.74, 6) is -2.21. The highest BCUT2D eigenvalue weighted by atomic mass is 28.4. The van der Waals surface area contributed by atoms with Crippen molar-refractivity contribution in [1.29, 1.82) is 0 Å². The number of amides is 9. The summed E-state index contributed by atoms with van der Waals surface area (Å²) >= 11 is 0. The van der Waals surface area contributed by atoms with Gasteiger partial charge in [-0.2, -0.15) is 0 Å². The van der Waals surface area contributed by atoms with Gasteiger partial charge in [-0.15, -0.1) is 0 Å². The smallest absolute Gasteiger partial charge is 0.411 e. The molecule has 0 bridgehead atoms. The molecule has 26 heteroatoms. The Morgan fingerprint density at radius 2 is 1.17 bits per heavy atom. The first-order chi connectivity index (χ1) is 50.0. The molecule has 105 heavy (non-hydrogen) atoms. The zero-order chi connectivity index (χ0) is 76.5. The molecular weight excluding hydrogens is 1360 g/mol. The third-order valence-electron chi connectivity index (χ3n) is 19.5. The van der Waals surface area contributed by atoms with Gasteiger partial charge in [0, 0.05) is 81.7 Å². The molecule has 9 amide bonds. The van der Waals surface area contributed by atoms with E-state index in [2.05, 4.69) is 68.3 Å². The van der Waals surface area contributed by atoms with Crippen molar-refractivity contribution in [1.82, 2.24) is 25.3 Å². The largest absolute Gasteiger partial charge is 0.493 e. The van der Waals surface area contributed by atoms with Gasteiger partial charge < -0.3 is 59.0 Å². The van der Waals surface area contributed by atoms with E-state index in [0.29, 0.717) is 87.0 Å². The van der Waals surface area contributed by atoms with Crippen LogP contribution in [0.15, 0.2) is 115 Å². The monoisotopic (exact) mass is 1470 g/mol. The highest BCUT2D eigenvalue weighted by molar-refractivity contribution is 6.74. The zero-order valence-corrected chi connectivity index (χ0v) is 63.6. The van der Waals surface area contributed by atoms with E-state index in [1.54, 1.807) is 46.2 Å². The van der Waals surface area contributed by atoms with E-state index in [9.17, 15) is 47.9 Å². The number of rotatable bonds is 40. The van der Waals surface area contributed by atoms with Crippen LogP contribution in [0.5, 0.6) is 23.0 Å². The van der Waals surface area contributed by atoms with Gasteiger partial charge in [-0.1, -0.05) is 127 Å². The molecule has 0 radical (unpaired) electrons. The van der Waals surface area contributed by atoms with Crippen LogP contribution in [0.1, 0.15) is 162 Å². The molecule has 0 saturated carbocycles. The second-order valence-electron chi connectivity index (χ2n) is 28.8. The molecule has 2 saturated heterocycles. The lowest BCUT2D eigenvalue weighted by Gasteiger charge is -2.38. The normalized spacial score (nSPS) is 15.7. The van der Waals surface area contributed by atoms with E-state index in [1.807, 2.05) is 51.1 Å². The molecule has 568 valence electrons. The molecule has 3 heterocycles. The molecule has 4 atom stereocenters. The van der Waals surface area contributed by atoms with Crippen molar-refractivity contribution in [3.63, 3.8) is 0 Å². The molecule has 4 aromatic carbocycles. The zero-order valence-electron chi connectivity index (χ0n) is 62.6. The van der Waals surface area contributed by atoms with Gasteiger partial charge in [0.05, 0.1) is 68.6 Å². The van der Waals surface area contributed by atoms with Crippen LogP contribution < -0.4 is 45.9 Å². The Kier molecular flexibility index (Phi) is 30.9. The first kappa shape index (κ1) is 82.5. The fraction of sp³-hybridized carbons (Fsp3) is 0.494. The van der Waals surface area contributed by atoms with Gasteiger partial charge in [-0.3, -0.25) is 49.1 Å². The summed E-state index contributed by atoms with van der Waals surface area (Å²) in [7, 11) is 0.692. The number of urea groups is 1. The van der Waals surface area contributed by atoms with Crippen molar-refractivity contribution in [2.24, 2.45) is 17.6 Å². The number of hydrogen-bond acceptors (Lipinski definition) is 17. The number of Topliss-reactive ketones (excluding diaryl/α,β-unsaturated/α-hetero) is 2. The van der Waals surface area contributed by atoms with Gasteiger partial charge in [0.25, 0.3) is 23.6 Å². The average molecular weight is 1470 g/mol. The molecule has 4 aromatic rings. The number of nitrogens with one attached hydrogen (secondary N) is 4. The van der Waals surface area contributed by atoms with Crippen LogP contribution >= 0.6 is 0 Å². The Morgan fingerprint density at radius 1 is 0.657 bits per heavy atom. The van der Waals surface area contributed by atoms with Crippen LogP contribution in [-0.4, -0.2) is 161 Å². The number of anilines is 2. The number of carbonyl (C=O) groups is 10. The minimum Gasteiger partial charge on any atom is -0.493 e. The predicted molar refractivity (Wildman–Crippen MR) is 402 cm³/mol. The van der Waals surface area contributed by atoms with Crippen LogP contribution in [0.3, 0.4) is 0 Å². The molecule has 6 N–H and O–H groups in total. The Morgan fingerprint density at radius 3 is 1.69 bits per heavy atom. The molecule has 7 rings (SSSR count). The molecule has 2 fully saturated rings. The van der Waals surface area contributed by atoms with Crippen molar-refractivity contribution in [2.75, 3.05) is 70.9 Å². The number of imide groups is 1. The second kappa shape index (κ2) is 39.3. The first-order valence-corrected chi connectivity index (χ1v) is 39.1. The highest BCUT2D eigenvalue weighted by Crippen LogP contribution is 2.41. The maximum atomic E-state index is 14.9. The van der Waals surface area contributed by atoms with E-state index in [1.165, 1.54) is 38.5 Å². The summed E-state index contributed by atoms with van der Waals surface area (Å²) in [4.78, 5) is 138. The molecular formula is C79H106N8O17Si. The van der Waals surface area contributed by atoms with E-state index < -0.39 is 50.3 Å². The molecule has 0 spiro atoms. The van der Waals surface area contributed by atoms with Crippen LogP contribution in [-0.2, 0) is 57.5 Å². The maximum absolute atomic E-state index is 14.9. The van der Waals surface area contributed by atoms with Crippen LogP contribution in [0.4, 0.5) is 25.8 Å². The Labute approximate surface area is 617 Å². The minimum atomic E-state index is -2.24. The Balaban J connectivity index is 0.998. The minimum absolute atomic E-state index is 0.0135. The summed E-state index contributed by atoms with van der Waals surface area (Å²) in [6, 6.07) is 20.1. The number of hydrogen-bond donors (Lipinski definition) is 5. The number of carbonyl (C=O) groups excluding carboxylic acids is 10. The van der Waals surface area contributed by atoms with Crippen LogP contribution in [0, 0.1) is 11.8 Å². The number of nitrogens with two attached hydrogens (primary N) is 1. The quantitative estimate of drug-likeness (QED) is 0.0120. The van der Waals surface area contributed by atoms with Crippen molar-refractivity contribution < 1.29 is 80.8 Å². The summed E-state index contributed by atoms with van der Waals surface area (Å²) < 4.78 is 42.2. The Bertz CT molecular complexity index is 3780. The van der Waals surface area contributed by atoms with Gasteiger partial charge in [0.1, 0.15) is 19.0 Å². The lowest BCUT2D eigenvalue weighted by molar-refractivity contribution is -0.137. The summed E-state index contributed by atoms with van der Waals surface area (Å²) in [5.41, 5.74) is 9.65. The van der Waals surface area contributed by atoms with Crippen LogP contribution in [0.25, 0.3) is 0 Å². The molecule has 3 aliphatic heterocycles. The van der Waals surface area contributed by atoms with Crippen molar-refractivity contribution >= 4 is 79.0 Å². The number of nitrogens with zero attached hydrogens (tertiary/aromatic N) is 3. The van der Waals surface area contributed by atoms with Gasteiger partial charge >= 0.3 is 18.2 Å². The number of ether oxygens (including phenoxy) is 6. The van der Waals surface area contributed by atoms with Gasteiger partial charge in [0.2, 0.25) is 5.91 Å². The number of benzene rings is 4. The van der Waals surface area contributed by atoms with Crippen LogP contribution in [0.2, 0.25) is 18.1 Å². The predicted octanol–water partition coefficient (Wildman–Crippen LogP) is 12.6. The average Bonchev–Trinajstić information content (AvgIpc) is 1.75. The summed E-state index contributed by atoms with van der Waals surface area (Å²) in [5, 5.41) is 10.9. The third kappa shape index (κ3) is 24.4. The van der Waals surface area contributed by atoms with Crippen molar-refractivity contribution in [2.45, 2.75) is 181 Å². The SMILES string of the molecule is C=C1C[C@@H](CC)N(C(=O)c2cc(OC)c(OCCCCCOc3cc(NC(=O)OCc4ccc(CC(=O)[C@H](CCCNC(N)=O)NC(=O)[C@@H](CC(=O)CCCCCN5C(=O)C=CC5=O)C(C)C)cc4)c(C(=O)N4CC(=C)C[C@H]4CO[Si](C)(C)C(C)(C)C)cc3OC)cc2NC(=O)OCc2ccccc2)C1. The summed E-state index contributed by atoms with van der Waals surface area (Å²) in [6.45, 7) is 26.4. The standard InChI is InChI=1S/C79H106N8O17Si/c1-13-57-38-52(4)46-86(57)74(93)61-42-67(98-9)69(44-64(61)83-77(96)102-48-55-24-17-14-18-25-55)100-36-21-16-22-37-101-70-45-65(62(43-68(70)99-10)75(94)87-47-53(5)39-58(87)50-104-105(11,12)79(6,7)8)84-78(97)103-49-56-30-28-54(29-31-56)40-66(89)63(27-23-34-81-76(80)95)82-73(92)60(51(2)3)41-59(88)26-19-15-20-35-85-71(90)32-33-72(85)91/h14,17-18,24-25,28-33,42-45,51,57-58,60,63H,4-5,13,15-16,19-23,26-27,34-41,46-50H2,1-3,6-12H3,(H,82,92)(H,83,96)(H,84,97)(H3,80,81,95)/t57-,58+,60+,63+/m1/s1. The number of likely N-dealkylation sites (tertiary alicyclic amines) is 2. The lowest BCUT2D eigenvalue weighted by Crippen LogP contribution is -2.46. The van der Waals surface area contributed by atoms with E-state index >= 15 is 0 Å². The third-order valence-corrected chi connectivity index (χ3v) is 24.0. The Hall–Kier alpha value is -9.82. The molecule has 0 aliphatic carbocycles. The summed E-state index contributed by atoms with van der Waals surface area (Å²) in [6.07, 6.45) is 6.67.